The summed E-state index contributed by atoms with van der Waals surface area (Å²) in [6.07, 6.45) is 0.812. The highest BCUT2D eigenvalue weighted by Gasteiger charge is 2.34. The van der Waals surface area contributed by atoms with Crippen molar-refractivity contribution in [2.75, 3.05) is 0 Å². The molecule has 0 saturated heterocycles. The lowest BCUT2D eigenvalue weighted by Crippen LogP contribution is -2.56. The molecule has 0 bridgehead atoms. The molecule has 0 fully saturated rings. The minimum absolute atomic E-state index is 0.614. The molecule has 1 amide bonds. The normalized spacial score (nSPS) is 15.1. The molecule has 116 valence electrons. The van der Waals surface area contributed by atoms with Crippen LogP contribution in [0.1, 0.15) is 29.7 Å². The smallest absolute Gasteiger partial charge is 0.239 e. The van der Waals surface area contributed by atoms with E-state index in [2.05, 4.69) is 22.0 Å². The Hall–Kier alpha value is -1.69. The van der Waals surface area contributed by atoms with Gasteiger partial charge in [-0.3, -0.25) is 4.79 Å². The fourth-order valence-electron chi connectivity index (χ4n) is 2.20. The van der Waals surface area contributed by atoms with Gasteiger partial charge in [-0.05, 0) is 36.1 Å². The lowest BCUT2D eigenvalue weighted by molar-refractivity contribution is -0.123. The van der Waals surface area contributed by atoms with Crippen molar-refractivity contribution in [2.24, 2.45) is 17.2 Å². The van der Waals surface area contributed by atoms with Crippen LogP contribution in [0, 0.1) is 0 Å². The molecule has 2 rings (SSSR count). The summed E-state index contributed by atoms with van der Waals surface area (Å²) < 4.78 is 1.08. The van der Waals surface area contributed by atoms with Crippen molar-refractivity contribution in [3.05, 3.63) is 69.7 Å². The fraction of sp³-hybridized carbons (Fsp3) is 0.235. The second-order valence-corrected chi connectivity index (χ2v) is 6.49. The van der Waals surface area contributed by atoms with E-state index in [4.69, 9.17) is 17.2 Å². The van der Waals surface area contributed by atoms with Crippen LogP contribution in [-0.2, 0) is 11.2 Å². The van der Waals surface area contributed by atoms with Gasteiger partial charge in [-0.25, -0.2) is 0 Å². The summed E-state index contributed by atoms with van der Waals surface area (Å²) in [6, 6.07) is 15.2. The molecule has 0 aliphatic heterocycles. The van der Waals surface area contributed by atoms with Gasteiger partial charge in [0.1, 0.15) is 5.54 Å². The van der Waals surface area contributed by atoms with Crippen LogP contribution in [0.5, 0.6) is 0 Å². The summed E-state index contributed by atoms with van der Waals surface area (Å²) in [4.78, 5) is 11.4. The first-order chi connectivity index (χ1) is 10.3. The van der Waals surface area contributed by atoms with E-state index in [1.54, 1.807) is 6.92 Å². The SMILES string of the molecule is CC(N)(C(N)=O)C(N)c1ccc(Cc2ccccc2Br)cc1. The van der Waals surface area contributed by atoms with Crippen molar-refractivity contribution in [3.8, 4) is 0 Å². The molecule has 5 heteroatoms. The average Bonchev–Trinajstić information content (AvgIpc) is 2.49. The molecule has 2 aromatic carbocycles. The first-order valence-electron chi connectivity index (χ1n) is 6.99. The molecule has 0 saturated carbocycles. The Balaban J connectivity index is 2.17. The largest absolute Gasteiger partial charge is 0.368 e. The molecular weight excluding hydrogens is 342 g/mol. The van der Waals surface area contributed by atoms with Gasteiger partial charge in [0.25, 0.3) is 0 Å². The minimum Gasteiger partial charge on any atom is -0.368 e. The summed E-state index contributed by atoms with van der Waals surface area (Å²) >= 11 is 3.55. The molecular formula is C17H20BrN3O. The minimum atomic E-state index is -1.27. The lowest BCUT2D eigenvalue weighted by Gasteiger charge is -2.28. The number of benzene rings is 2. The summed E-state index contributed by atoms with van der Waals surface area (Å²) in [5, 5.41) is 0. The molecule has 2 unspecified atom stereocenters. The van der Waals surface area contributed by atoms with Crippen molar-refractivity contribution >= 4 is 21.8 Å². The summed E-state index contributed by atoms with van der Waals surface area (Å²) in [5.74, 6) is -0.614. The van der Waals surface area contributed by atoms with E-state index in [1.807, 2.05) is 42.5 Å². The van der Waals surface area contributed by atoms with Crippen molar-refractivity contribution in [3.63, 3.8) is 0 Å². The monoisotopic (exact) mass is 361 g/mol. The van der Waals surface area contributed by atoms with Crippen LogP contribution in [0.2, 0.25) is 0 Å². The molecule has 6 N–H and O–H groups in total. The highest BCUT2D eigenvalue weighted by Crippen LogP contribution is 2.23. The van der Waals surface area contributed by atoms with Gasteiger partial charge in [0, 0.05) is 4.47 Å². The topological polar surface area (TPSA) is 95.1 Å². The highest BCUT2D eigenvalue weighted by molar-refractivity contribution is 9.10. The first kappa shape index (κ1) is 16.7. The fourth-order valence-corrected chi connectivity index (χ4v) is 2.63. The van der Waals surface area contributed by atoms with Crippen LogP contribution in [-0.4, -0.2) is 11.4 Å². The quantitative estimate of drug-likeness (QED) is 0.761. The standard InChI is InChI=1S/C17H20BrN3O/c1-17(21,16(20)22)15(19)12-8-6-11(7-9-12)10-13-4-2-3-5-14(13)18/h2-9,15H,10,19,21H2,1H3,(H2,20,22). The van der Waals surface area contributed by atoms with E-state index in [1.165, 1.54) is 5.56 Å². The number of halogens is 1. The molecule has 0 aliphatic carbocycles. The molecule has 0 aliphatic rings. The van der Waals surface area contributed by atoms with Crippen LogP contribution < -0.4 is 17.2 Å². The van der Waals surface area contributed by atoms with Crippen LogP contribution in [0.25, 0.3) is 0 Å². The molecule has 0 spiro atoms. The molecule has 0 radical (unpaired) electrons. The summed E-state index contributed by atoms with van der Waals surface area (Å²) in [5.41, 5.74) is 19.2. The van der Waals surface area contributed by atoms with E-state index < -0.39 is 17.5 Å². The van der Waals surface area contributed by atoms with Crippen molar-refractivity contribution in [1.29, 1.82) is 0 Å². The third-order valence-electron chi connectivity index (χ3n) is 3.87. The third-order valence-corrected chi connectivity index (χ3v) is 4.64. The Morgan fingerprint density at radius 1 is 1.18 bits per heavy atom. The predicted molar refractivity (Wildman–Crippen MR) is 92.1 cm³/mol. The number of hydrogen-bond donors (Lipinski definition) is 3. The molecule has 0 aromatic heterocycles. The Morgan fingerprint density at radius 3 is 2.32 bits per heavy atom. The van der Waals surface area contributed by atoms with Crippen molar-refractivity contribution in [2.45, 2.75) is 24.9 Å². The number of rotatable bonds is 5. The zero-order valence-electron chi connectivity index (χ0n) is 12.4. The predicted octanol–water partition coefficient (Wildman–Crippen LogP) is 2.24. The van der Waals surface area contributed by atoms with Crippen molar-refractivity contribution < 1.29 is 4.79 Å². The zero-order valence-corrected chi connectivity index (χ0v) is 14.0. The zero-order chi connectivity index (χ0) is 16.3. The van der Waals surface area contributed by atoms with Gasteiger partial charge in [0.05, 0.1) is 6.04 Å². The Kier molecular flexibility index (Phi) is 5.01. The number of carbonyl (C=O) groups is 1. The van der Waals surface area contributed by atoms with E-state index in [0.717, 1.165) is 22.0 Å². The average molecular weight is 362 g/mol. The van der Waals surface area contributed by atoms with Crippen LogP contribution in [0.15, 0.2) is 53.0 Å². The number of hydrogen-bond acceptors (Lipinski definition) is 3. The molecule has 22 heavy (non-hydrogen) atoms. The van der Waals surface area contributed by atoms with Gasteiger partial charge in [0.2, 0.25) is 5.91 Å². The maximum Gasteiger partial charge on any atom is 0.239 e. The first-order valence-corrected chi connectivity index (χ1v) is 7.78. The molecule has 2 atom stereocenters. The van der Waals surface area contributed by atoms with E-state index >= 15 is 0 Å². The van der Waals surface area contributed by atoms with Gasteiger partial charge < -0.3 is 17.2 Å². The molecule has 0 heterocycles. The number of carbonyl (C=O) groups excluding carboxylic acids is 1. The number of primary amides is 1. The van der Waals surface area contributed by atoms with E-state index in [-0.39, 0.29) is 0 Å². The van der Waals surface area contributed by atoms with E-state index in [0.29, 0.717) is 0 Å². The third kappa shape index (κ3) is 3.55. The Labute approximate surface area is 138 Å². The Bertz CT molecular complexity index is 668. The second-order valence-electron chi connectivity index (χ2n) is 5.63. The van der Waals surface area contributed by atoms with Gasteiger partial charge >= 0.3 is 0 Å². The van der Waals surface area contributed by atoms with Crippen molar-refractivity contribution in [1.82, 2.24) is 0 Å². The van der Waals surface area contributed by atoms with Crippen LogP contribution >= 0.6 is 15.9 Å². The maximum atomic E-state index is 11.4. The van der Waals surface area contributed by atoms with Gasteiger partial charge in [0.15, 0.2) is 0 Å². The lowest BCUT2D eigenvalue weighted by atomic mass is 9.87. The number of nitrogens with two attached hydrogens (primary N) is 3. The summed E-state index contributed by atoms with van der Waals surface area (Å²) in [7, 11) is 0. The van der Waals surface area contributed by atoms with Crippen LogP contribution in [0.4, 0.5) is 0 Å². The van der Waals surface area contributed by atoms with Crippen LogP contribution in [0.3, 0.4) is 0 Å². The van der Waals surface area contributed by atoms with Gasteiger partial charge in [-0.2, -0.15) is 0 Å². The number of amides is 1. The van der Waals surface area contributed by atoms with Gasteiger partial charge in [-0.15, -0.1) is 0 Å². The van der Waals surface area contributed by atoms with Gasteiger partial charge in [-0.1, -0.05) is 58.4 Å². The maximum absolute atomic E-state index is 11.4. The highest BCUT2D eigenvalue weighted by atomic mass is 79.9. The second kappa shape index (κ2) is 6.60. The summed E-state index contributed by atoms with van der Waals surface area (Å²) in [6.45, 7) is 1.55. The van der Waals surface area contributed by atoms with E-state index in [9.17, 15) is 4.79 Å². The molecule has 2 aromatic rings. The Morgan fingerprint density at radius 2 is 1.77 bits per heavy atom. The molecule has 4 nitrogen and oxygen atoms in total.